The second kappa shape index (κ2) is 9.32. The van der Waals surface area contributed by atoms with Crippen LogP contribution in [-0.2, 0) is 9.57 Å². The first-order valence-electron chi connectivity index (χ1n) is 5.80. The molecule has 0 aromatic heterocycles. The molecule has 0 saturated heterocycles. The second-order valence-corrected chi connectivity index (χ2v) is 3.81. The highest BCUT2D eigenvalue weighted by molar-refractivity contribution is 6.33. The van der Waals surface area contributed by atoms with Crippen LogP contribution in [0.2, 0.25) is 5.02 Å². The summed E-state index contributed by atoms with van der Waals surface area (Å²) >= 11 is 5.95. The number of halogens is 1. The van der Waals surface area contributed by atoms with Gasteiger partial charge in [-0.1, -0.05) is 29.8 Å². The molecule has 0 unspecified atom stereocenters. The molecule has 0 amide bonds. The van der Waals surface area contributed by atoms with Gasteiger partial charge in [0, 0.05) is 17.2 Å². The maximum Gasteiger partial charge on any atom is 0.237 e. The topological polar surface area (TPSA) is 81.2 Å². The number of hydrogen-bond acceptors (Lipinski definition) is 4. The Morgan fingerprint density at radius 2 is 2.21 bits per heavy atom. The highest BCUT2D eigenvalue weighted by Gasteiger charge is 1.94. The molecule has 0 aliphatic heterocycles. The van der Waals surface area contributed by atoms with Crippen LogP contribution < -0.4 is 11.2 Å². The fourth-order valence-electron chi connectivity index (χ4n) is 1.12. The first-order valence-corrected chi connectivity index (χ1v) is 6.18. The number of rotatable bonds is 7. The molecule has 0 bridgehead atoms. The zero-order chi connectivity index (χ0) is 13.9. The third kappa shape index (κ3) is 6.76. The standard InChI is InChI=1S/C12H17ClN4O2/c1-2-18-7-8-19-17-12(14)16-15-9-10-5-3-4-6-11(10)13/h3-6,9H,2,7-8H2,1H3,(H3,14,16,17)/b15-9+. The van der Waals surface area contributed by atoms with Crippen LogP contribution in [0, 0.1) is 0 Å². The quantitative estimate of drug-likeness (QED) is 0.344. The second-order valence-electron chi connectivity index (χ2n) is 3.40. The van der Waals surface area contributed by atoms with Crippen molar-refractivity contribution in [1.82, 2.24) is 5.48 Å². The van der Waals surface area contributed by atoms with Gasteiger partial charge in [0.2, 0.25) is 5.96 Å². The molecule has 1 aromatic carbocycles. The van der Waals surface area contributed by atoms with Gasteiger partial charge >= 0.3 is 0 Å². The van der Waals surface area contributed by atoms with Gasteiger partial charge in [0.25, 0.3) is 0 Å². The Hall–Kier alpha value is -1.63. The van der Waals surface area contributed by atoms with Crippen molar-refractivity contribution >= 4 is 23.8 Å². The number of nitrogens with two attached hydrogens (primary N) is 1. The minimum Gasteiger partial charge on any atom is -0.379 e. The van der Waals surface area contributed by atoms with Crippen molar-refractivity contribution in [3.05, 3.63) is 34.9 Å². The van der Waals surface area contributed by atoms with Gasteiger partial charge < -0.3 is 10.5 Å². The summed E-state index contributed by atoms with van der Waals surface area (Å²) in [4.78, 5) is 4.99. The van der Waals surface area contributed by atoms with Gasteiger partial charge in [0.15, 0.2) is 0 Å². The van der Waals surface area contributed by atoms with E-state index in [0.29, 0.717) is 24.8 Å². The highest BCUT2D eigenvalue weighted by atomic mass is 35.5. The van der Waals surface area contributed by atoms with Crippen molar-refractivity contribution in [2.45, 2.75) is 6.92 Å². The van der Waals surface area contributed by atoms with Crippen molar-refractivity contribution in [2.75, 3.05) is 19.8 Å². The van der Waals surface area contributed by atoms with E-state index in [9.17, 15) is 0 Å². The predicted octanol–water partition coefficient (Wildman–Crippen LogP) is 1.55. The van der Waals surface area contributed by atoms with E-state index in [1.54, 1.807) is 6.07 Å². The van der Waals surface area contributed by atoms with Gasteiger partial charge in [0.05, 0.1) is 19.4 Å². The number of hydrogen-bond donors (Lipinski definition) is 2. The smallest absolute Gasteiger partial charge is 0.237 e. The van der Waals surface area contributed by atoms with Gasteiger partial charge in [0.1, 0.15) is 0 Å². The van der Waals surface area contributed by atoms with Crippen LogP contribution in [0.4, 0.5) is 0 Å². The summed E-state index contributed by atoms with van der Waals surface area (Å²) in [6.45, 7) is 3.42. The Kier molecular flexibility index (Phi) is 7.57. The summed E-state index contributed by atoms with van der Waals surface area (Å²) in [6, 6.07) is 7.29. The van der Waals surface area contributed by atoms with E-state index in [0.717, 1.165) is 5.56 Å². The van der Waals surface area contributed by atoms with E-state index in [1.165, 1.54) is 6.21 Å². The maximum absolute atomic E-state index is 5.95. The van der Waals surface area contributed by atoms with Crippen LogP contribution >= 0.6 is 11.6 Å². The van der Waals surface area contributed by atoms with Crippen LogP contribution in [0.3, 0.4) is 0 Å². The molecule has 0 atom stereocenters. The van der Waals surface area contributed by atoms with E-state index in [-0.39, 0.29) is 5.96 Å². The van der Waals surface area contributed by atoms with Crippen LogP contribution in [0.5, 0.6) is 0 Å². The molecule has 1 aromatic rings. The van der Waals surface area contributed by atoms with Crippen LogP contribution in [0.1, 0.15) is 12.5 Å². The lowest BCUT2D eigenvalue weighted by molar-refractivity contribution is 0.0246. The van der Waals surface area contributed by atoms with E-state index >= 15 is 0 Å². The van der Waals surface area contributed by atoms with Crippen molar-refractivity contribution in [3.8, 4) is 0 Å². The number of nitrogens with one attached hydrogen (secondary N) is 1. The number of benzene rings is 1. The van der Waals surface area contributed by atoms with Crippen LogP contribution in [0.15, 0.2) is 34.5 Å². The molecule has 0 saturated carbocycles. The Labute approximate surface area is 117 Å². The maximum atomic E-state index is 5.95. The highest BCUT2D eigenvalue weighted by Crippen LogP contribution is 2.12. The van der Waals surface area contributed by atoms with Crippen LogP contribution in [0.25, 0.3) is 0 Å². The molecule has 19 heavy (non-hydrogen) atoms. The molecule has 104 valence electrons. The molecule has 3 N–H and O–H groups in total. The first-order chi connectivity index (χ1) is 9.24. The van der Waals surface area contributed by atoms with Crippen molar-refractivity contribution in [3.63, 3.8) is 0 Å². The number of nitrogens with zero attached hydrogens (tertiary/aromatic N) is 2. The Bertz CT molecular complexity index is 437. The minimum absolute atomic E-state index is 0.0554. The zero-order valence-electron chi connectivity index (χ0n) is 10.7. The first kappa shape index (κ1) is 15.4. The lowest BCUT2D eigenvalue weighted by atomic mass is 10.2. The molecular formula is C12H17ClN4O2. The summed E-state index contributed by atoms with van der Waals surface area (Å²) < 4.78 is 5.08. The van der Waals surface area contributed by atoms with Gasteiger partial charge in [-0.2, -0.15) is 5.10 Å². The van der Waals surface area contributed by atoms with E-state index in [2.05, 4.69) is 15.7 Å². The molecule has 0 spiro atoms. The number of hydroxylamine groups is 1. The van der Waals surface area contributed by atoms with Gasteiger partial charge in [-0.05, 0) is 13.0 Å². The minimum atomic E-state index is 0.0554. The fourth-order valence-corrected chi connectivity index (χ4v) is 1.31. The molecule has 7 heteroatoms. The monoisotopic (exact) mass is 284 g/mol. The van der Waals surface area contributed by atoms with Crippen LogP contribution in [-0.4, -0.2) is 32.0 Å². The molecule has 6 nitrogen and oxygen atoms in total. The molecule has 0 heterocycles. The zero-order valence-corrected chi connectivity index (χ0v) is 11.4. The van der Waals surface area contributed by atoms with E-state index < -0.39 is 0 Å². The van der Waals surface area contributed by atoms with E-state index in [1.807, 2.05) is 25.1 Å². The van der Waals surface area contributed by atoms with Crippen molar-refractivity contribution in [1.29, 1.82) is 0 Å². The lowest BCUT2D eigenvalue weighted by Gasteiger charge is -2.04. The molecule has 1 rings (SSSR count). The molecule has 0 aliphatic carbocycles. The normalized spacial score (nSPS) is 12.0. The Morgan fingerprint density at radius 1 is 1.42 bits per heavy atom. The fraction of sp³-hybridized carbons (Fsp3) is 0.333. The lowest BCUT2D eigenvalue weighted by Crippen LogP contribution is -2.32. The predicted molar refractivity (Wildman–Crippen MR) is 76.2 cm³/mol. The average molecular weight is 285 g/mol. The summed E-state index contributed by atoms with van der Waals surface area (Å²) in [5.41, 5.74) is 8.72. The SMILES string of the molecule is CCOCCONC(N)=N/N=C/c1ccccc1Cl. The average Bonchev–Trinajstić information content (AvgIpc) is 2.41. The summed E-state index contributed by atoms with van der Waals surface area (Å²) in [6.07, 6.45) is 1.51. The summed E-state index contributed by atoms with van der Waals surface area (Å²) in [5.74, 6) is 0.0554. The third-order valence-electron chi connectivity index (χ3n) is 1.98. The van der Waals surface area contributed by atoms with Gasteiger partial charge in [-0.3, -0.25) is 4.84 Å². The molecule has 0 fully saturated rings. The Balaban J connectivity index is 2.33. The van der Waals surface area contributed by atoms with Crippen molar-refractivity contribution in [2.24, 2.45) is 15.9 Å². The summed E-state index contributed by atoms with van der Waals surface area (Å²) in [5, 5.41) is 8.10. The van der Waals surface area contributed by atoms with E-state index in [4.69, 9.17) is 26.9 Å². The Morgan fingerprint density at radius 3 is 2.95 bits per heavy atom. The van der Waals surface area contributed by atoms with Crippen molar-refractivity contribution < 1.29 is 9.57 Å². The number of guanidine groups is 1. The number of ether oxygens (including phenoxy) is 1. The third-order valence-corrected chi connectivity index (χ3v) is 2.32. The molecule has 0 aliphatic rings. The molecule has 0 radical (unpaired) electrons. The molecular weight excluding hydrogens is 268 g/mol. The van der Waals surface area contributed by atoms with Gasteiger partial charge in [-0.15, -0.1) is 5.10 Å². The largest absolute Gasteiger partial charge is 0.379 e. The summed E-state index contributed by atoms with van der Waals surface area (Å²) in [7, 11) is 0. The van der Waals surface area contributed by atoms with Gasteiger partial charge in [-0.25, -0.2) is 5.48 Å².